The molecular weight excluding hydrogens is 338 g/mol. The summed E-state index contributed by atoms with van der Waals surface area (Å²) in [5, 5.41) is 0. The molecule has 2 heterocycles. The molecule has 0 unspecified atom stereocenters. The number of hydrogen-bond donors (Lipinski definition) is 1. The van der Waals surface area contributed by atoms with Crippen LogP contribution in [0.3, 0.4) is 0 Å². The maximum atomic E-state index is 12.4. The molecule has 6 nitrogen and oxygen atoms in total. The highest BCUT2D eigenvalue weighted by molar-refractivity contribution is 5.85. The summed E-state index contributed by atoms with van der Waals surface area (Å²) in [4.78, 5) is 26.4. The summed E-state index contributed by atoms with van der Waals surface area (Å²) in [6, 6.07) is 10.2. The van der Waals surface area contributed by atoms with E-state index in [-0.39, 0.29) is 5.91 Å². The molecule has 4 rings (SSSR count). The van der Waals surface area contributed by atoms with Crippen LogP contribution < -0.4 is 10.6 Å². The van der Waals surface area contributed by atoms with Crippen LogP contribution in [-0.2, 0) is 17.6 Å². The molecular formula is C21H27N5O. The Hall–Kier alpha value is -2.47. The van der Waals surface area contributed by atoms with Crippen molar-refractivity contribution in [2.75, 3.05) is 31.1 Å². The second-order valence-corrected chi connectivity index (χ2v) is 8.02. The molecule has 0 saturated carbocycles. The zero-order chi connectivity index (χ0) is 19.0. The lowest BCUT2D eigenvalue weighted by molar-refractivity contribution is -0.136. The Balaban J connectivity index is 1.59. The van der Waals surface area contributed by atoms with E-state index in [1.807, 2.05) is 23.1 Å². The van der Waals surface area contributed by atoms with Crippen molar-refractivity contribution in [2.45, 2.75) is 38.6 Å². The summed E-state index contributed by atoms with van der Waals surface area (Å²) < 4.78 is 0. The van der Waals surface area contributed by atoms with Crippen molar-refractivity contribution < 1.29 is 4.79 Å². The topological polar surface area (TPSA) is 75.4 Å². The fraction of sp³-hybridized carbons (Fsp3) is 0.476. The first-order valence-corrected chi connectivity index (χ1v) is 9.72. The number of anilines is 1. The Bertz CT molecular complexity index is 836. The average Bonchev–Trinajstić information content (AvgIpc) is 3.15. The zero-order valence-electron chi connectivity index (χ0n) is 16.1. The van der Waals surface area contributed by atoms with Gasteiger partial charge in [-0.1, -0.05) is 30.3 Å². The van der Waals surface area contributed by atoms with E-state index >= 15 is 0 Å². The van der Waals surface area contributed by atoms with Crippen LogP contribution in [0.2, 0.25) is 0 Å². The zero-order valence-corrected chi connectivity index (χ0v) is 16.1. The molecule has 142 valence electrons. The molecule has 1 aliphatic carbocycles. The number of amides is 1. The minimum absolute atomic E-state index is 0.0139. The molecule has 2 aromatic rings. The lowest BCUT2D eigenvalue weighted by Crippen LogP contribution is -2.57. The van der Waals surface area contributed by atoms with Gasteiger partial charge < -0.3 is 15.5 Å². The summed E-state index contributed by atoms with van der Waals surface area (Å²) in [7, 11) is 0. The van der Waals surface area contributed by atoms with Crippen LogP contribution in [0.1, 0.15) is 31.5 Å². The van der Waals surface area contributed by atoms with Gasteiger partial charge in [-0.05, 0) is 33.1 Å². The molecule has 1 aromatic heterocycles. The standard InChI is InChI=1S/C21H27N5O/c1-21(2,22)20(27)26-13-11-25(12-14-26)19-16-9-6-10-17(16)23-18(24-19)15-7-4-3-5-8-15/h3-5,7-8H,6,9-14,22H2,1-2H3. The van der Waals surface area contributed by atoms with Crippen molar-refractivity contribution in [3.8, 4) is 11.4 Å². The molecule has 1 fully saturated rings. The normalized spacial score (nSPS) is 17.1. The van der Waals surface area contributed by atoms with Crippen LogP contribution in [0.4, 0.5) is 5.82 Å². The van der Waals surface area contributed by atoms with Crippen LogP contribution in [0.5, 0.6) is 0 Å². The molecule has 27 heavy (non-hydrogen) atoms. The van der Waals surface area contributed by atoms with Gasteiger partial charge in [0.15, 0.2) is 5.82 Å². The monoisotopic (exact) mass is 365 g/mol. The van der Waals surface area contributed by atoms with Crippen LogP contribution in [-0.4, -0.2) is 52.5 Å². The van der Waals surface area contributed by atoms with Crippen molar-refractivity contribution >= 4 is 11.7 Å². The second-order valence-electron chi connectivity index (χ2n) is 8.02. The Morgan fingerprint density at radius 2 is 1.74 bits per heavy atom. The number of carbonyl (C=O) groups is 1. The Morgan fingerprint density at radius 1 is 1.04 bits per heavy atom. The van der Waals surface area contributed by atoms with Crippen molar-refractivity contribution in [3.05, 3.63) is 41.6 Å². The number of fused-ring (bicyclic) bond motifs is 1. The quantitative estimate of drug-likeness (QED) is 0.901. The first-order chi connectivity index (χ1) is 12.9. The number of piperazine rings is 1. The minimum atomic E-state index is -0.821. The molecule has 1 amide bonds. The predicted molar refractivity (Wildman–Crippen MR) is 107 cm³/mol. The lowest BCUT2D eigenvalue weighted by Gasteiger charge is -2.38. The Labute approximate surface area is 160 Å². The molecule has 1 aliphatic heterocycles. The summed E-state index contributed by atoms with van der Waals surface area (Å²) >= 11 is 0. The molecule has 0 radical (unpaired) electrons. The Kier molecular flexibility index (Phi) is 4.60. The summed E-state index contributed by atoms with van der Waals surface area (Å²) in [5.74, 6) is 1.86. The molecule has 1 saturated heterocycles. The highest BCUT2D eigenvalue weighted by Gasteiger charge is 2.32. The molecule has 2 aliphatic rings. The number of benzene rings is 1. The van der Waals surface area contributed by atoms with E-state index in [0.717, 1.165) is 49.6 Å². The van der Waals surface area contributed by atoms with Gasteiger partial charge in [-0.2, -0.15) is 0 Å². The fourth-order valence-electron chi connectivity index (χ4n) is 3.92. The van der Waals surface area contributed by atoms with E-state index in [1.165, 1.54) is 11.3 Å². The average molecular weight is 365 g/mol. The molecule has 0 bridgehead atoms. The maximum Gasteiger partial charge on any atom is 0.242 e. The van der Waals surface area contributed by atoms with Gasteiger partial charge in [0.25, 0.3) is 0 Å². The number of hydrogen-bond acceptors (Lipinski definition) is 5. The van der Waals surface area contributed by atoms with Crippen molar-refractivity contribution in [3.63, 3.8) is 0 Å². The smallest absolute Gasteiger partial charge is 0.242 e. The molecule has 2 N–H and O–H groups in total. The van der Waals surface area contributed by atoms with Gasteiger partial charge in [-0.3, -0.25) is 4.79 Å². The van der Waals surface area contributed by atoms with E-state index < -0.39 is 5.54 Å². The third-order valence-corrected chi connectivity index (χ3v) is 5.36. The lowest BCUT2D eigenvalue weighted by atomic mass is 10.0. The van der Waals surface area contributed by atoms with Gasteiger partial charge in [0.1, 0.15) is 5.82 Å². The van der Waals surface area contributed by atoms with E-state index in [0.29, 0.717) is 13.1 Å². The summed E-state index contributed by atoms with van der Waals surface area (Å²) in [6.07, 6.45) is 3.19. The first kappa shape index (κ1) is 17.9. The maximum absolute atomic E-state index is 12.4. The summed E-state index contributed by atoms with van der Waals surface area (Å²) in [5.41, 5.74) is 8.68. The van der Waals surface area contributed by atoms with Gasteiger partial charge in [0.05, 0.1) is 5.54 Å². The molecule has 1 aromatic carbocycles. The second kappa shape index (κ2) is 6.93. The largest absolute Gasteiger partial charge is 0.353 e. The van der Waals surface area contributed by atoms with E-state index in [4.69, 9.17) is 15.7 Å². The van der Waals surface area contributed by atoms with E-state index in [1.54, 1.807) is 13.8 Å². The Morgan fingerprint density at radius 3 is 2.41 bits per heavy atom. The van der Waals surface area contributed by atoms with Crippen molar-refractivity contribution in [2.24, 2.45) is 5.73 Å². The number of nitrogens with two attached hydrogens (primary N) is 1. The first-order valence-electron chi connectivity index (χ1n) is 9.72. The SMILES string of the molecule is CC(C)(N)C(=O)N1CCN(c2nc(-c3ccccc3)nc3c2CCC3)CC1. The van der Waals surface area contributed by atoms with E-state index in [9.17, 15) is 4.79 Å². The van der Waals surface area contributed by atoms with Crippen LogP contribution in [0.15, 0.2) is 30.3 Å². The number of rotatable bonds is 3. The van der Waals surface area contributed by atoms with Gasteiger partial charge in [0, 0.05) is 43.0 Å². The van der Waals surface area contributed by atoms with Crippen LogP contribution >= 0.6 is 0 Å². The third kappa shape index (κ3) is 3.54. The number of carbonyl (C=O) groups excluding carboxylic acids is 1. The van der Waals surface area contributed by atoms with Gasteiger partial charge in [-0.15, -0.1) is 0 Å². The van der Waals surface area contributed by atoms with Crippen LogP contribution in [0.25, 0.3) is 11.4 Å². The highest BCUT2D eigenvalue weighted by atomic mass is 16.2. The van der Waals surface area contributed by atoms with Gasteiger partial charge in [-0.25, -0.2) is 9.97 Å². The fourth-order valence-corrected chi connectivity index (χ4v) is 3.92. The van der Waals surface area contributed by atoms with Gasteiger partial charge in [0.2, 0.25) is 5.91 Å². The predicted octanol–water partition coefficient (Wildman–Crippen LogP) is 2.02. The number of aromatic nitrogens is 2. The summed E-state index contributed by atoms with van der Waals surface area (Å²) in [6.45, 7) is 6.45. The highest BCUT2D eigenvalue weighted by Crippen LogP contribution is 2.32. The minimum Gasteiger partial charge on any atom is -0.353 e. The van der Waals surface area contributed by atoms with Gasteiger partial charge >= 0.3 is 0 Å². The number of nitrogens with zero attached hydrogens (tertiary/aromatic N) is 4. The van der Waals surface area contributed by atoms with Crippen molar-refractivity contribution in [1.29, 1.82) is 0 Å². The van der Waals surface area contributed by atoms with Crippen molar-refractivity contribution in [1.82, 2.24) is 14.9 Å². The van der Waals surface area contributed by atoms with Crippen LogP contribution in [0, 0.1) is 0 Å². The molecule has 0 spiro atoms. The van der Waals surface area contributed by atoms with E-state index in [2.05, 4.69) is 17.0 Å². The number of aryl methyl sites for hydroxylation is 1. The molecule has 6 heteroatoms. The molecule has 0 atom stereocenters. The third-order valence-electron chi connectivity index (χ3n) is 5.36.